The maximum absolute atomic E-state index is 11.9. The zero-order chi connectivity index (χ0) is 26.9. The first-order valence-electron chi connectivity index (χ1n) is 12.0. The van der Waals surface area contributed by atoms with Crippen LogP contribution in [-0.2, 0) is 0 Å². The minimum atomic E-state index is -1.14. The Morgan fingerprint density at radius 1 is 0.615 bits per heavy atom. The molecule has 8 heteroatoms. The third-order valence-electron chi connectivity index (χ3n) is 6.26. The summed E-state index contributed by atoms with van der Waals surface area (Å²) in [6.07, 6.45) is 7.00. The SMILES string of the molecule is O=C(O)c1ccnc(-c2cc(C(=O)O)cc(-c3cc(/C=C/c4ccc5sc6ccccc6c5c4)ccn3)n2)c1. The largest absolute Gasteiger partial charge is 0.478 e. The van der Waals surface area contributed by atoms with Crippen LogP contribution in [0.5, 0.6) is 0 Å². The van der Waals surface area contributed by atoms with E-state index in [-0.39, 0.29) is 22.5 Å². The standard InChI is InChI=1S/C31H19N3O4S/c35-30(36)20-10-12-33-25(15-20)27-17-21(31(37)38)16-26(34-27)24-14-19(9-11-32-24)6-5-18-7-8-29-23(13-18)22-3-1-2-4-28(22)39-29/h1-17H,(H,35,36)(H,37,38)/b6-5+. The maximum Gasteiger partial charge on any atom is 0.335 e. The molecule has 39 heavy (non-hydrogen) atoms. The fourth-order valence-electron chi connectivity index (χ4n) is 4.35. The van der Waals surface area contributed by atoms with E-state index in [9.17, 15) is 19.8 Å². The van der Waals surface area contributed by atoms with Gasteiger partial charge in [-0.1, -0.05) is 36.4 Å². The summed E-state index contributed by atoms with van der Waals surface area (Å²) in [7, 11) is 0. The molecule has 0 aliphatic heterocycles. The van der Waals surface area contributed by atoms with Crippen molar-refractivity contribution >= 4 is 55.6 Å². The number of aromatic carboxylic acids is 2. The maximum atomic E-state index is 11.9. The van der Waals surface area contributed by atoms with Gasteiger partial charge in [-0.2, -0.15) is 0 Å². The average molecular weight is 530 g/mol. The van der Waals surface area contributed by atoms with Crippen LogP contribution in [0.1, 0.15) is 31.8 Å². The van der Waals surface area contributed by atoms with Crippen LogP contribution in [0, 0.1) is 0 Å². The van der Waals surface area contributed by atoms with Crippen molar-refractivity contribution in [1.82, 2.24) is 15.0 Å². The second-order valence-electron chi connectivity index (χ2n) is 8.83. The van der Waals surface area contributed by atoms with Crippen molar-refractivity contribution < 1.29 is 19.8 Å². The third kappa shape index (κ3) is 4.88. The zero-order valence-electron chi connectivity index (χ0n) is 20.3. The molecule has 0 amide bonds. The fourth-order valence-corrected chi connectivity index (χ4v) is 5.44. The monoisotopic (exact) mass is 529 g/mol. The van der Waals surface area contributed by atoms with Crippen LogP contribution in [0.3, 0.4) is 0 Å². The van der Waals surface area contributed by atoms with Crippen LogP contribution in [0.15, 0.2) is 91.3 Å². The number of thiophene rings is 1. The highest BCUT2D eigenvalue weighted by Gasteiger charge is 2.14. The first-order valence-corrected chi connectivity index (χ1v) is 12.8. The number of carbonyl (C=O) groups is 2. The van der Waals surface area contributed by atoms with Crippen LogP contribution >= 0.6 is 11.3 Å². The number of aromatic nitrogens is 3. The van der Waals surface area contributed by atoms with Gasteiger partial charge >= 0.3 is 11.9 Å². The molecular formula is C31H19N3O4S. The van der Waals surface area contributed by atoms with Crippen molar-refractivity contribution in [3.63, 3.8) is 0 Å². The summed E-state index contributed by atoms with van der Waals surface area (Å²) in [5, 5.41) is 21.5. The normalized spacial score (nSPS) is 11.4. The molecule has 0 unspecified atom stereocenters. The lowest BCUT2D eigenvalue weighted by Crippen LogP contribution is -2.02. The van der Waals surface area contributed by atoms with Crippen LogP contribution in [-0.4, -0.2) is 37.1 Å². The van der Waals surface area contributed by atoms with Crippen molar-refractivity contribution in [1.29, 1.82) is 0 Å². The lowest BCUT2D eigenvalue weighted by atomic mass is 10.1. The molecule has 0 fully saturated rings. The summed E-state index contributed by atoms with van der Waals surface area (Å²) in [6.45, 7) is 0. The van der Waals surface area contributed by atoms with E-state index in [1.165, 1.54) is 50.6 Å². The molecule has 6 aromatic rings. The van der Waals surface area contributed by atoms with Gasteiger partial charge in [0, 0.05) is 32.6 Å². The molecular weight excluding hydrogens is 510 g/mol. The number of pyridine rings is 3. The molecule has 0 spiro atoms. The summed E-state index contributed by atoms with van der Waals surface area (Å²) in [6, 6.07) is 24.0. The highest BCUT2D eigenvalue weighted by Crippen LogP contribution is 2.34. The van der Waals surface area contributed by atoms with Crippen LogP contribution < -0.4 is 0 Å². The molecule has 4 heterocycles. The summed E-state index contributed by atoms with van der Waals surface area (Å²) in [5.41, 5.74) is 3.27. The van der Waals surface area contributed by atoms with Crippen LogP contribution in [0.2, 0.25) is 0 Å². The second-order valence-corrected chi connectivity index (χ2v) is 9.91. The van der Waals surface area contributed by atoms with E-state index in [1.54, 1.807) is 17.5 Å². The Hall–Kier alpha value is -5.21. The number of fused-ring (bicyclic) bond motifs is 3. The van der Waals surface area contributed by atoms with Gasteiger partial charge in [0.1, 0.15) is 0 Å². The highest BCUT2D eigenvalue weighted by atomic mass is 32.1. The number of hydrogen-bond acceptors (Lipinski definition) is 6. The van der Waals surface area contributed by atoms with Gasteiger partial charge in [0.2, 0.25) is 0 Å². The van der Waals surface area contributed by atoms with Crippen LogP contribution in [0.4, 0.5) is 0 Å². The Balaban J connectivity index is 1.36. The summed E-state index contributed by atoms with van der Waals surface area (Å²) >= 11 is 1.77. The van der Waals surface area contributed by atoms with E-state index >= 15 is 0 Å². The average Bonchev–Trinajstić information content (AvgIpc) is 3.34. The van der Waals surface area contributed by atoms with Gasteiger partial charge in [-0.05, 0) is 65.7 Å². The molecule has 188 valence electrons. The zero-order valence-corrected chi connectivity index (χ0v) is 21.1. The van der Waals surface area contributed by atoms with Gasteiger partial charge in [-0.15, -0.1) is 11.3 Å². The molecule has 0 bridgehead atoms. The predicted octanol–water partition coefficient (Wildman–Crippen LogP) is 7.14. The molecule has 0 aliphatic carbocycles. The number of carboxylic acids is 2. The smallest absolute Gasteiger partial charge is 0.335 e. The molecule has 6 rings (SSSR count). The van der Waals surface area contributed by atoms with Gasteiger partial charge in [-0.25, -0.2) is 14.6 Å². The van der Waals surface area contributed by atoms with Gasteiger partial charge in [-0.3, -0.25) is 9.97 Å². The minimum absolute atomic E-state index is 0.00318. The van der Waals surface area contributed by atoms with Crippen molar-refractivity contribution in [3.8, 4) is 22.8 Å². The van der Waals surface area contributed by atoms with Crippen molar-refractivity contribution in [2.75, 3.05) is 0 Å². The van der Waals surface area contributed by atoms with Gasteiger partial charge in [0.05, 0.1) is 33.9 Å². The molecule has 2 aromatic carbocycles. The van der Waals surface area contributed by atoms with Crippen LogP contribution in [0.25, 0.3) is 55.1 Å². The lowest BCUT2D eigenvalue weighted by Gasteiger charge is -2.08. The Morgan fingerprint density at radius 3 is 1.97 bits per heavy atom. The quantitative estimate of drug-likeness (QED) is 0.236. The number of nitrogens with zero attached hydrogens (tertiary/aromatic N) is 3. The minimum Gasteiger partial charge on any atom is -0.478 e. The Bertz CT molecular complexity index is 1940. The molecule has 2 N–H and O–H groups in total. The summed E-state index contributed by atoms with van der Waals surface area (Å²) < 4.78 is 2.50. The highest BCUT2D eigenvalue weighted by molar-refractivity contribution is 7.25. The lowest BCUT2D eigenvalue weighted by molar-refractivity contribution is 0.0686. The van der Waals surface area contributed by atoms with Gasteiger partial charge in [0.25, 0.3) is 0 Å². The third-order valence-corrected chi connectivity index (χ3v) is 7.41. The van der Waals surface area contributed by atoms with E-state index in [2.05, 4.69) is 45.3 Å². The molecule has 4 aromatic heterocycles. The Morgan fingerprint density at radius 2 is 1.23 bits per heavy atom. The topological polar surface area (TPSA) is 113 Å². The predicted molar refractivity (Wildman–Crippen MR) is 153 cm³/mol. The first-order chi connectivity index (χ1) is 18.9. The summed E-state index contributed by atoms with van der Waals surface area (Å²) in [5.74, 6) is -2.25. The van der Waals surface area contributed by atoms with E-state index < -0.39 is 11.9 Å². The molecule has 0 atom stereocenters. The molecule has 7 nitrogen and oxygen atoms in total. The number of rotatable bonds is 6. The van der Waals surface area contributed by atoms with Crippen molar-refractivity contribution in [3.05, 3.63) is 114 Å². The van der Waals surface area contributed by atoms with E-state index in [4.69, 9.17) is 0 Å². The number of hydrogen-bond donors (Lipinski definition) is 2. The van der Waals surface area contributed by atoms with Gasteiger partial charge in [0.15, 0.2) is 0 Å². The Kier molecular flexibility index (Phi) is 6.14. The van der Waals surface area contributed by atoms with Crippen molar-refractivity contribution in [2.45, 2.75) is 0 Å². The summed E-state index contributed by atoms with van der Waals surface area (Å²) in [4.78, 5) is 36.4. The number of carboxylic acid groups (broad SMARTS) is 2. The molecule has 0 aliphatic rings. The van der Waals surface area contributed by atoms with E-state index in [0.717, 1.165) is 11.1 Å². The molecule has 0 saturated carbocycles. The van der Waals surface area contributed by atoms with Gasteiger partial charge < -0.3 is 10.2 Å². The number of benzene rings is 2. The van der Waals surface area contributed by atoms with E-state index in [0.29, 0.717) is 11.4 Å². The molecule has 0 radical (unpaired) electrons. The first kappa shape index (κ1) is 24.1. The second kappa shape index (κ2) is 9.92. The van der Waals surface area contributed by atoms with Crippen molar-refractivity contribution in [2.24, 2.45) is 0 Å². The molecule has 0 saturated heterocycles. The fraction of sp³-hybridized carbons (Fsp3) is 0. The Labute approximate surface area is 226 Å². The van der Waals surface area contributed by atoms with E-state index in [1.807, 2.05) is 36.4 Å².